The van der Waals surface area contributed by atoms with Crippen molar-refractivity contribution >= 4 is 11.8 Å². The fourth-order valence-electron chi connectivity index (χ4n) is 2.96. The Morgan fingerprint density at radius 1 is 1.24 bits per heavy atom. The molecule has 25 heavy (non-hydrogen) atoms. The van der Waals surface area contributed by atoms with Gasteiger partial charge < -0.3 is 15.8 Å². The minimum atomic E-state index is -0.706. The van der Waals surface area contributed by atoms with Crippen LogP contribution in [-0.4, -0.2) is 41.4 Å². The van der Waals surface area contributed by atoms with Crippen molar-refractivity contribution in [3.8, 4) is 5.69 Å². The van der Waals surface area contributed by atoms with Gasteiger partial charge in [-0.1, -0.05) is 18.2 Å². The summed E-state index contributed by atoms with van der Waals surface area (Å²) in [6, 6.07) is 9.69. The Kier molecular flexibility index (Phi) is 5.14. The van der Waals surface area contributed by atoms with Gasteiger partial charge in [0.2, 0.25) is 11.8 Å². The quantitative estimate of drug-likeness (QED) is 0.811. The molecule has 1 aromatic heterocycles. The fourth-order valence-corrected chi connectivity index (χ4v) is 2.96. The topological polar surface area (TPSA) is 99.2 Å². The van der Waals surface area contributed by atoms with E-state index < -0.39 is 5.41 Å². The van der Waals surface area contributed by atoms with E-state index in [9.17, 15) is 9.59 Å². The molecule has 1 aromatic carbocycles. The average Bonchev–Trinajstić information content (AvgIpc) is 3.10. The zero-order valence-electron chi connectivity index (χ0n) is 14.0. The molecule has 0 saturated carbocycles. The summed E-state index contributed by atoms with van der Waals surface area (Å²) in [6.45, 7) is 1.22. The Morgan fingerprint density at radius 3 is 2.64 bits per heavy atom. The maximum Gasteiger partial charge on any atom is 0.225 e. The summed E-state index contributed by atoms with van der Waals surface area (Å²) in [4.78, 5) is 24.0. The monoisotopic (exact) mass is 342 g/mol. The maximum atomic E-state index is 12.2. The molecule has 132 valence electrons. The first kappa shape index (κ1) is 17.2. The van der Waals surface area contributed by atoms with E-state index in [1.165, 1.54) is 0 Å². The summed E-state index contributed by atoms with van der Waals surface area (Å²) in [6.07, 6.45) is 4.78. The van der Waals surface area contributed by atoms with Crippen LogP contribution in [0.5, 0.6) is 0 Å². The number of nitrogens with one attached hydrogen (secondary N) is 1. The first-order valence-electron chi connectivity index (χ1n) is 8.32. The molecule has 0 spiro atoms. The van der Waals surface area contributed by atoms with Crippen LogP contribution in [0.15, 0.2) is 42.7 Å². The lowest BCUT2D eigenvalue weighted by Crippen LogP contribution is -2.49. The number of rotatable bonds is 6. The highest BCUT2D eigenvalue weighted by molar-refractivity contribution is 5.83. The van der Waals surface area contributed by atoms with Crippen LogP contribution in [0.2, 0.25) is 0 Å². The van der Waals surface area contributed by atoms with Crippen LogP contribution in [0.1, 0.15) is 18.4 Å². The van der Waals surface area contributed by atoms with Gasteiger partial charge in [0.05, 0.1) is 23.7 Å². The molecule has 1 saturated heterocycles. The van der Waals surface area contributed by atoms with Gasteiger partial charge in [-0.25, -0.2) is 4.68 Å². The summed E-state index contributed by atoms with van der Waals surface area (Å²) in [5.74, 6) is -0.535. The predicted octanol–water partition coefficient (Wildman–Crippen LogP) is 0.813. The van der Waals surface area contributed by atoms with Crippen LogP contribution in [0.3, 0.4) is 0 Å². The summed E-state index contributed by atoms with van der Waals surface area (Å²) in [5, 5.41) is 7.12. The number of benzene rings is 1. The summed E-state index contributed by atoms with van der Waals surface area (Å²) < 4.78 is 7.02. The van der Waals surface area contributed by atoms with Gasteiger partial charge in [0.25, 0.3) is 0 Å². The maximum absolute atomic E-state index is 12.2. The SMILES string of the molecule is NC(=O)C1(CNC(=O)Cc2cnn(-c3ccccc3)c2)CCOCC1. The van der Waals surface area contributed by atoms with Gasteiger partial charge in [-0.2, -0.15) is 5.10 Å². The summed E-state index contributed by atoms with van der Waals surface area (Å²) in [7, 11) is 0. The number of amides is 2. The minimum absolute atomic E-state index is 0.153. The number of hydrogen-bond donors (Lipinski definition) is 2. The van der Waals surface area contributed by atoms with Crippen molar-refractivity contribution in [3.63, 3.8) is 0 Å². The molecule has 1 aliphatic rings. The van der Waals surface area contributed by atoms with Crippen LogP contribution in [0.25, 0.3) is 5.69 Å². The molecule has 0 aliphatic carbocycles. The minimum Gasteiger partial charge on any atom is -0.381 e. The van der Waals surface area contributed by atoms with Gasteiger partial charge in [0.15, 0.2) is 0 Å². The molecule has 0 radical (unpaired) electrons. The van der Waals surface area contributed by atoms with Crippen LogP contribution in [-0.2, 0) is 20.7 Å². The van der Waals surface area contributed by atoms with Gasteiger partial charge in [-0.3, -0.25) is 9.59 Å². The van der Waals surface area contributed by atoms with Crippen molar-refractivity contribution in [3.05, 3.63) is 48.3 Å². The smallest absolute Gasteiger partial charge is 0.225 e. The molecule has 2 heterocycles. The molecule has 1 fully saturated rings. The number of carbonyl (C=O) groups excluding carboxylic acids is 2. The number of carbonyl (C=O) groups is 2. The number of nitrogens with zero attached hydrogens (tertiary/aromatic N) is 2. The summed E-state index contributed by atoms with van der Waals surface area (Å²) in [5.41, 5.74) is 6.58. The van der Waals surface area contributed by atoms with E-state index in [-0.39, 0.29) is 24.8 Å². The largest absolute Gasteiger partial charge is 0.381 e. The molecule has 0 unspecified atom stereocenters. The first-order chi connectivity index (χ1) is 12.1. The third kappa shape index (κ3) is 4.06. The van der Waals surface area contributed by atoms with E-state index in [1.54, 1.807) is 10.9 Å². The lowest BCUT2D eigenvalue weighted by molar-refractivity contribution is -0.133. The molecule has 1 aliphatic heterocycles. The Labute approximate surface area is 146 Å². The van der Waals surface area contributed by atoms with Crippen LogP contribution in [0.4, 0.5) is 0 Å². The normalized spacial score (nSPS) is 16.3. The number of hydrogen-bond acceptors (Lipinski definition) is 4. The van der Waals surface area contributed by atoms with E-state index >= 15 is 0 Å². The van der Waals surface area contributed by atoms with Crippen molar-refractivity contribution in [1.29, 1.82) is 0 Å². The van der Waals surface area contributed by atoms with Gasteiger partial charge in [-0.05, 0) is 30.5 Å². The molecule has 3 N–H and O–H groups in total. The Hall–Kier alpha value is -2.67. The lowest BCUT2D eigenvalue weighted by atomic mass is 9.79. The molecular formula is C18H22N4O3. The Bertz CT molecular complexity index is 736. The number of aromatic nitrogens is 2. The Morgan fingerprint density at radius 2 is 1.96 bits per heavy atom. The zero-order valence-corrected chi connectivity index (χ0v) is 14.0. The van der Waals surface area contributed by atoms with Crippen molar-refractivity contribution in [2.45, 2.75) is 19.3 Å². The van der Waals surface area contributed by atoms with E-state index in [0.29, 0.717) is 26.1 Å². The number of nitrogens with two attached hydrogens (primary N) is 1. The van der Waals surface area contributed by atoms with Crippen molar-refractivity contribution in [1.82, 2.24) is 15.1 Å². The van der Waals surface area contributed by atoms with Crippen LogP contribution >= 0.6 is 0 Å². The molecule has 0 bridgehead atoms. The zero-order chi connectivity index (χ0) is 17.7. The molecule has 0 atom stereocenters. The second-order valence-corrected chi connectivity index (χ2v) is 6.34. The third-order valence-corrected chi connectivity index (χ3v) is 4.62. The van der Waals surface area contributed by atoms with E-state index in [4.69, 9.17) is 10.5 Å². The second kappa shape index (κ2) is 7.48. The highest BCUT2D eigenvalue weighted by atomic mass is 16.5. The number of primary amides is 1. The molecular weight excluding hydrogens is 320 g/mol. The van der Waals surface area contributed by atoms with Gasteiger partial charge in [-0.15, -0.1) is 0 Å². The van der Waals surface area contributed by atoms with Gasteiger partial charge in [0, 0.05) is 26.0 Å². The lowest BCUT2D eigenvalue weighted by Gasteiger charge is -2.34. The van der Waals surface area contributed by atoms with Crippen molar-refractivity contribution in [2.75, 3.05) is 19.8 Å². The van der Waals surface area contributed by atoms with E-state index in [0.717, 1.165) is 11.3 Å². The van der Waals surface area contributed by atoms with Gasteiger partial charge >= 0.3 is 0 Å². The molecule has 2 amide bonds. The summed E-state index contributed by atoms with van der Waals surface area (Å²) >= 11 is 0. The molecule has 3 rings (SSSR count). The molecule has 7 heteroatoms. The van der Waals surface area contributed by atoms with Crippen molar-refractivity contribution < 1.29 is 14.3 Å². The van der Waals surface area contributed by atoms with Crippen LogP contribution < -0.4 is 11.1 Å². The standard InChI is InChI=1S/C18H22N4O3/c19-17(24)18(6-8-25-9-7-18)13-20-16(23)10-14-11-21-22(12-14)15-4-2-1-3-5-15/h1-5,11-12H,6-10,13H2,(H2,19,24)(H,20,23). The average molecular weight is 342 g/mol. The van der Waals surface area contributed by atoms with Crippen molar-refractivity contribution in [2.24, 2.45) is 11.1 Å². The predicted molar refractivity (Wildman–Crippen MR) is 92.0 cm³/mol. The highest BCUT2D eigenvalue weighted by Crippen LogP contribution is 2.29. The third-order valence-electron chi connectivity index (χ3n) is 4.62. The van der Waals surface area contributed by atoms with E-state index in [1.807, 2.05) is 36.5 Å². The first-order valence-corrected chi connectivity index (χ1v) is 8.32. The Balaban J connectivity index is 1.58. The molecule has 7 nitrogen and oxygen atoms in total. The van der Waals surface area contributed by atoms with Gasteiger partial charge in [0.1, 0.15) is 0 Å². The number of para-hydroxylation sites is 1. The fraction of sp³-hybridized carbons (Fsp3) is 0.389. The number of ether oxygens (including phenoxy) is 1. The molecule has 2 aromatic rings. The second-order valence-electron chi connectivity index (χ2n) is 6.34. The van der Waals surface area contributed by atoms with Crippen LogP contribution in [0, 0.1) is 5.41 Å². The van der Waals surface area contributed by atoms with E-state index in [2.05, 4.69) is 10.4 Å². The highest BCUT2D eigenvalue weighted by Gasteiger charge is 2.38.